The molecule has 0 bridgehead atoms. The number of rotatable bonds is 2. The Balaban J connectivity index is 1.64. The molecule has 7 nitrogen and oxygen atoms in total. The number of aromatic hydroxyl groups is 1. The molecule has 1 aliphatic rings. The van der Waals surface area contributed by atoms with Gasteiger partial charge in [-0.3, -0.25) is 10.1 Å². The number of aromatic amines is 1. The van der Waals surface area contributed by atoms with Crippen LogP contribution in [0.4, 0.5) is 5.95 Å². The Hall–Kier alpha value is -3.22. The van der Waals surface area contributed by atoms with Crippen molar-refractivity contribution in [2.75, 3.05) is 12.1 Å². The van der Waals surface area contributed by atoms with Crippen molar-refractivity contribution in [1.29, 1.82) is 0 Å². The lowest BCUT2D eigenvalue weighted by atomic mass is 10.1. The molecule has 7 heteroatoms. The number of H-pyrrole nitrogens is 1. The van der Waals surface area contributed by atoms with Crippen molar-refractivity contribution in [3.63, 3.8) is 0 Å². The number of aromatic nitrogens is 2. The van der Waals surface area contributed by atoms with E-state index in [0.717, 1.165) is 11.0 Å². The van der Waals surface area contributed by atoms with Crippen LogP contribution in [0.1, 0.15) is 10.4 Å². The highest BCUT2D eigenvalue weighted by Crippen LogP contribution is 2.37. The maximum absolute atomic E-state index is 12.3. The van der Waals surface area contributed by atoms with E-state index in [0.29, 0.717) is 17.4 Å². The molecule has 4 rings (SSSR count). The third kappa shape index (κ3) is 1.99. The van der Waals surface area contributed by atoms with Crippen LogP contribution < -0.4 is 14.8 Å². The SMILES string of the molecule is O=C(Nc1nc2ccccc2[nH]1)c1cc2c(cc1O)OCO2. The number of hydrogen-bond acceptors (Lipinski definition) is 5. The Morgan fingerprint density at radius 2 is 2.00 bits per heavy atom. The van der Waals surface area contributed by atoms with Crippen LogP contribution in [0.5, 0.6) is 17.2 Å². The van der Waals surface area contributed by atoms with Gasteiger partial charge in [-0.2, -0.15) is 0 Å². The van der Waals surface area contributed by atoms with E-state index in [9.17, 15) is 9.90 Å². The number of ether oxygens (including phenoxy) is 2. The van der Waals surface area contributed by atoms with E-state index in [1.807, 2.05) is 24.3 Å². The number of para-hydroxylation sites is 2. The van der Waals surface area contributed by atoms with Crippen molar-refractivity contribution >= 4 is 22.9 Å². The van der Waals surface area contributed by atoms with Crippen molar-refractivity contribution < 1.29 is 19.4 Å². The van der Waals surface area contributed by atoms with E-state index in [-0.39, 0.29) is 18.1 Å². The molecule has 0 saturated heterocycles. The normalized spacial score (nSPS) is 12.5. The molecule has 0 atom stereocenters. The highest BCUT2D eigenvalue weighted by atomic mass is 16.7. The van der Waals surface area contributed by atoms with Crippen molar-refractivity contribution in [2.24, 2.45) is 0 Å². The summed E-state index contributed by atoms with van der Waals surface area (Å²) < 4.78 is 10.3. The minimum Gasteiger partial charge on any atom is -0.507 e. The van der Waals surface area contributed by atoms with Gasteiger partial charge in [0.05, 0.1) is 16.6 Å². The van der Waals surface area contributed by atoms with Crippen LogP contribution in [0.15, 0.2) is 36.4 Å². The molecule has 0 unspecified atom stereocenters. The number of carbonyl (C=O) groups excluding carboxylic acids is 1. The second-order valence-electron chi connectivity index (χ2n) is 4.78. The Morgan fingerprint density at radius 1 is 1.23 bits per heavy atom. The number of nitrogens with one attached hydrogen (secondary N) is 2. The first-order valence-electron chi connectivity index (χ1n) is 6.59. The van der Waals surface area contributed by atoms with Crippen LogP contribution in [0.25, 0.3) is 11.0 Å². The third-order valence-electron chi connectivity index (χ3n) is 3.36. The fourth-order valence-electron chi connectivity index (χ4n) is 2.30. The van der Waals surface area contributed by atoms with Crippen LogP contribution in [-0.4, -0.2) is 27.8 Å². The second-order valence-corrected chi connectivity index (χ2v) is 4.78. The summed E-state index contributed by atoms with van der Waals surface area (Å²) in [6, 6.07) is 10.2. The van der Waals surface area contributed by atoms with Crippen molar-refractivity contribution in [3.8, 4) is 17.2 Å². The lowest BCUT2D eigenvalue weighted by molar-refractivity contribution is 0.102. The van der Waals surface area contributed by atoms with Gasteiger partial charge in [0.15, 0.2) is 11.5 Å². The van der Waals surface area contributed by atoms with Crippen LogP contribution in [0, 0.1) is 0 Å². The van der Waals surface area contributed by atoms with E-state index in [2.05, 4.69) is 15.3 Å². The monoisotopic (exact) mass is 297 g/mol. The van der Waals surface area contributed by atoms with Gasteiger partial charge in [0.25, 0.3) is 5.91 Å². The van der Waals surface area contributed by atoms with Gasteiger partial charge < -0.3 is 19.6 Å². The lowest BCUT2D eigenvalue weighted by Gasteiger charge is -2.05. The number of benzene rings is 2. The number of anilines is 1. The number of hydrogen-bond donors (Lipinski definition) is 3. The van der Waals surface area contributed by atoms with E-state index in [1.165, 1.54) is 12.1 Å². The maximum Gasteiger partial charge on any atom is 0.261 e. The zero-order chi connectivity index (χ0) is 15.1. The molecule has 0 radical (unpaired) electrons. The molecule has 0 aliphatic carbocycles. The van der Waals surface area contributed by atoms with Crippen LogP contribution >= 0.6 is 0 Å². The van der Waals surface area contributed by atoms with Crippen molar-refractivity contribution in [3.05, 3.63) is 42.0 Å². The van der Waals surface area contributed by atoms with Crippen LogP contribution in [0.3, 0.4) is 0 Å². The van der Waals surface area contributed by atoms with Gasteiger partial charge in [-0.15, -0.1) is 0 Å². The Kier molecular flexibility index (Phi) is 2.65. The molecule has 2 aromatic carbocycles. The van der Waals surface area contributed by atoms with Gasteiger partial charge in [0, 0.05) is 12.1 Å². The Labute approximate surface area is 124 Å². The Bertz CT molecular complexity index is 855. The number of amides is 1. The molecular weight excluding hydrogens is 286 g/mol. The average Bonchev–Trinajstić information content (AvgIpc) is 3.11. The first-order chi connectivity index (χ1) is 10.7. The van der Waals surface area contributed by atoms with Crippen molar-refractivity contribution in [1.82, 2.24) is 9.97 Å². The summed E-state index contributed by atoms with van der Waals surface area (Å²) >= 11 is 0. The van der Waals surface area contributed by atoms with E-state index >= 15 is 0 Å². The number of fused-ring (bicyclic) bond motifs is 2. The third-order valence-corrected chi connectivity index (χ3v) is 3.36. The smallest absolute Gasteiger partial charge is 0.261 e. The summed E-state index contributed by atoms with van der Waals surface area (Å²) in [6.45, 7) is 0.0728. The highest BCUT2D eigenvalue weighted by molar-refractivity contribution is 6.06. The molecule has 3 N–H and O–H groups in total. The molecule has 1 aliphatic heterocycles. The second kappa shape index (κ2) is 4.66. The lowest BCUT2D eigenvalue weighted by Crippen LogP contribution is -2.13. The summed E-state index contributed by atoms with van der Waals surface area (Å²) in [5.74, 6) is 0.473. The topological polar surface area (TPSA) is 96.5 Å². The van der Waals surface area contributed by atoms with Gasteiger partial charge in [-0.25, -0.2) is 4.98 Å². The van der Waals surface area contributed by atoms with Gasteiger partial charge in [0.1, 0.15) is 5.75 Å². The Morgan fingerprint density at radius 3 is 2.82 bits per heavy atom. The minimum absolute atomic E-state index is 0.0728. The molecule has 0 saturated carbocycles. The first kappa shape index (κ1) is 12.5. The fraction of sp³-hybridized carbons (Fsp3) is 0.0667. The molecule has 0 spiro atoms. The zero-order valence-corrected chi connectivity index (χ0v) is 11.3. The van der Waals surface area contributed by atoms with E-state index in [4.69, 9.17) is 9.47 Å². The molecule has 0 fully saturated rings. The quantitative estimate of drug-likeness (QED) is 0.674. The van der Waals surface area contributed by atoms with Gasteiger partial charge in [0.2, 0.25) is 12.7 Å². The molecular formula is C15H11N3O4. The molecule has 2 heterocycles. The van der Waals surface area contributed by atoms with Gasteiger partial charge >= 0.3 is 0 Å². The first-order valence-corrected chi connectivity index (χ1v) is 6.59. The largest absolute Gasteiger partial charge is 0.507 e. The van der Waals surface area contributed by atoms with Gasteiger partial charge in [-0.1, -0.05) is 12.1 Å². The highest BCUT2D eigenvalue weighted by Gasteiger charge is 2.21. The summed E-state index contributed by atoms with van der Waals surface area (Å²) in [5.41, 5.74) is 1.64. The van der Waals surface area contributed by atoms with Crippen LogP contribution in [-0.2, 0) is 0 Å². The predicted octanol–water partition coefficient (Wildman–Crippen LogP) is 2.25. The number of phenolic OH excluding ortho intramolecular Hbond substituents is 1. The number of imidazole rings is 1. The summed E-state index contributed by atoms with van der Waals surface area (Å²) in [6.07, 6.45) is 0. The zero-order valence-electron chi connectivity index (χ0n) is 11.3. The average molecular weight is 297 g/mol. The van der Waals surface area contributed by atoms with Crippen molar-refractivity contribution in [2.45, 2.75) is 0 Å². The minimum atomic E-state index is -0.491. The van der Waals surface area contributed by atoms with Gasteiger partial charge in [-0.05, 0) is 12.1 Å². The fourth-order valence-corrected chi connectivity index (χ4v) is 2.30. The maximum atomic E-state index is 12.3. The summed E-state index contributed by atoms with van der Waals surface area (Å²) in [7, 11) is 0. The number of phenols is 1. The molecule has 110 valence electrons. The van der Waals surface area contributed by atoms with E-state index in [1.54, 1.807) is 0 Å². The van der Waals surface area contributed by atoms with Crippen LogP contribution in [0.2, 0.25) is 0 Å². The summed E-state index contributed by atoms with van der Waals surface area (Å²) in [5, 5.41) is 12.6. The number of nitrogens with zero attached hydrogens (tertiary/aromatic N) is 1. The van der Waals surface area contributed by atoms with E-state index < -0.39 is 5.91 Å². The standard InChI is InChI=1S/C15H11N3O4/c19-11-6-13-12(21-7-22-13)5-8(11)14(20)18-15-16-9-3-1-2-4-10(9)17-15/h1-6,19H,7H2,(H2,16,17,18,20). The molecule has 22 heavy (non-hydrogen) atoms. The number of carbonyl (C=O) groups is 1. The predicted molar refractivity (Wildman–Crippen MR) is 78.3 cm³/mol. The molecule has 3 aromatic rings. The summed E-state index contributed by atoms with van der Waals surface area (Å²) in [4.78, 5) is 19.5. The molecule has 1 aromatic heterocycles. The molecule has 1 amide bonds.